The number of benzene rings is 1. The number of aryl methyl sites for hydroxylation is 1. The zero-order valence-corrected chi connectivity index (χ0v) is 13.3. The molecule has 1 aromatic carbocycles. The first-order chi connectivity index (χ1) is 8.76. The Balaban J connectivity index is 3.32. The molecule has 0 unspecified atom stereocenters. The molecule has 0 aliphatic carbocycles. The molecule has 0 aromatic heterocycles. The van der Waals surface area contributed by atoms with Crippen LogP contribution in [0.5, 0.6) is 5.75 Å². The maximum Gasteiger partial charge on any atom is 0.122 e. The van der Waals surface area contributed by atoms with Gasteiger partial charge in [0.25, 0.3) is 0 Å². The minimum atomic E-state index is -0.0781. The lowest BCUT2D eigenvalue weighted by Gasteiger charge is -2.39. The molecule has 0 saturated carbocycles. The summed E-state index contributed by atoms with van der Waals surface area (Å²) in [6, 6.07) is 2.09. The van der Waals surface area contributed by atoms with E-state index in [1.54, 1.807) is 7.11 Å². The first kappa shape index (κ1) is 15.8. The highest BCUT2D eigenvalue weighted by Crippen LogP contribution is 2.36. The second-order valence-corrected chi connectivity index (χ2v) is 5.84. The minimum absolute atomic E-state index is 0.0781. The van der Waals surface area contributed by atoms with E-state index in [4.69, 9.17) is 4.74 Å². The van der Waals surface area contributed by atoms with Crippen LogP contribution in [0.2, 0.25) is 0 Å². The number of nitrogens with zero attached hydrogens (tertiary/aromatic N) is 1. The van der Waals surface area contributed by atoms with E-state index in [1.165, 1.54) is 22.4 Å². The van der Waals surface area contributed by atoms with E-state index < -0.39 is 0 Å². The van der Waals surface area contributed by atoms with Crippen LogP contribution in [0.4, 0.5) is 5.69 Å². The van der Waals surface area contributed by atoms with Gasteiger partial charge in [-0.15, -0.1) is 0 Å². The standard InChI is InChI=1S/C16H27NO2/c1-11-10-14(19-7)12(2)13(3)15(11)17(6)16(4,5)8-9-18/h10,18H,8-9H2,1-7H3. The second-order valence-electron chi connectivity index (χ2n) is 5.84. The highest BCUT2D eigenvalue weighted by Gasteiger charge is 2.26. The molecule has 0 bridgehead atoms. The van der Waals surface area contributed by atoms with E-state index >= 15 is 0 Å². The van der Waals surface area contributed by atoms with Crippen LogP contribution in [0.3, 0.4) is 0 Å². The molecular weight excluding hydrogens is 238 g/mol. The largest absolute Gasteiger partial charge is 0.496 e. The van der Waals surface area contributed by atoms with Crippen LogP contribution >= 0.6 is 0 Å². The molecule has 0 atom stereocenters. The van der Waals surface area contributed by atoms with Crippen molar-refractivity contribution in [3.63, 3.8) is 0 Å². The lowest BCUT2D eigenvalue weighted by molar-refractivity contribution is 0.250. The van der Waals surface area contributed by atoms with Gasteiger partial charge in [0.05, 0.1) is 7.11 Å². The predicted molar refractivity (Wildman–Crippen MR) is 81.4 cm³/mol. The van der Waals surface area contributed by atoms with Crippen molar-refractivity contribution in [2.24, 2.45) is 0 Å². The molecule has 108 valence electrons. The Bertz CT molecular complexity index is 453. The van der Waals surface area contributed by atoms with Crippen molar-refractivity contribution in [3.05, 3.63) is 22.8 Å². The molecule has 1 aromatic rings. The van der Waals surface area contributed by atoms with Gasteiger partial charge in [0, 0.05) is 24.9 Å². The molecule has 0 aliphatic heterocycles. The first-order valence-corrected chi connectivity index (χ1v) is 6.75. The molecule has 0 saturated heterocycles. The molecule has 1 N–H and O–H groups in total. The van der Waals surface area contributed by atoms with E-state index in [1.807, 2.05) is 0 Å². The third-order valence-corrected chi connectivity index (χ3v) is 4.20. The molecule has 19 heavy (non-hydrogen) atoms. The molecule has 0 fully saturated rings. The molecule has 0 spiro atoms. The topological polar surface area (TPSA) is 32.7 Å². The summed E-state index contributed by atoms with van der Waals surface area (Å²) in [5, 5.41) is 9.23. The highest BCUT2D eigenvalue weighted by molar-refractivity contribution is 5.65. The van der Waals surface area contributed by atoms with E-state index in [2.05, 4.69) is 52.6 Å². The zero-order chi connectivity index (χ0) is 14.8. The van der Waals surface area contributed by atoms with E-state index in [0.717, 1.165) is 12.2 Å². The Labute approximate surface area is 117 Å². The third-order valence-electron chi connectivity index (χ3n) is 4.20. The molecular formula is C16H27NO2. The number of ether oxygens (including phenoxy) is 1. The number of methoxy groups -OCH3 is 1. The van der Waals surface area contributed by atoms with E-state index in [9.17, 15) is 5.11 Å². The summed E-state index contributed by atoms with van der Waals surface area (Å²) in [5.74, 6) is 0.937. The first-order valence-electron chi connectivity index (χ1n) is 6.75. The van der Waals surface area contributed by atoms with Crippen molar-refractivity contribution in [3.8, 4) is 5.75 Å². The predicted octanol–water partition coefficient (Wildman–Crippen LogP) is 3.22. The van der Waals surface area contributed by atoms with Gasteiger partial charge < -0.3 is 14.7 Å². The highest BCUT2D eigenvalue weighted by atomic mass is 16.5. The van der Waals surface area contributed by atoms with Crippen LogP contribution in [-0.2, 0) is 0 Å². The van der Waals surface area contributed by atoms with Crippen LogP contribution in [-0.4, -0.2) is 31.4 Å². The minimum Gasteiger partial charge on any atom is -0.496 e. The Kier molecular flexibility index (Phi) is 4.86. The Morgan fingerprint density at radius 2 is 1.79 bits per heavy atom. The summed E-state index contributed by atoms with van der Waals surface area (Å²) in [6.07, 6.45) is 0.744. The quantitative estimate of drug-likeness (QED) is 0.887. The maximum atomic E-state index is 9.23. The fraction of sp³-hybridized carbons (Fsp3) is 0.625. The summed E-state index contributed by atoms with van der Waals surface area (Å²) < 4.78 is 5.42. The zero-order valence-electron chi connectivity index (χ0n) is 13.3. The summed E-state index contributed by atoms with van der Waals surface area (Å²) in [6.45, 7) is 10.8. The lowest BCUT2D eigenvalue weighted by atomic mass is 9.94. The van der Waals surface area contributed by atoms with E-state index in [0.29, 0.717) is 0 Å². The van der Waals surface area contributed by atoms with Crippen LogP contribution in [0, 0.1) is 20.8 Å². The third kappa shape index (κ3) is 3.03. The number of aliphatic hydroxyl groups excluding tert-OH is 1. The fourth-order valence-corrected chi connectivity index (χ4v) is 2.50. The van der Waals surface area contributed by atoms with Crippen LogP contribution < -0.4 is 9.64 Å². The van der Waals surface area contributed by atoms with Gasteiger partial charge in [-0.05, 0) is 63.8 Å². The van der Waals surface area contributed by atoms with Crippen LogP contribution in [0.1, 0.15) is 37.0 Å². The van der Waals surface area contributed by atoms with Gasteiger partial charge in [-0.25, -0.2) is 0 Å². The molecule has 3 nitrogen and oxygen atoms in total. The van der Waals surface area contributed by atoms with Crippen molar-refractivity contribution < 1.29 is 9.84 Å². The van der Waals surface area contributed by atoms with Crippen LogP contribution in [0.15, 0.2) is 6.07 Å². The maximum absolute atomic E-state index is 9.23. The Morgan fingerprint density at radius 1 is 1.21 bits per heavy atom. The molecule has 0 amide bonds. The van der Waals surface area contributed by atoms with Gasteiger partial charge in [0.15, 0.2) is 0 Å². The summed E-state index contributed by atoms with van der Waals surface area (Å²) >= 11 is 0. The van der Waals surface area contributed by atoms with Crippen LogP contribution in [0.25, 0.3) is 0 Å². The summed E-state index contributed by atoms with van der Waals surface area (Å²) in [5.41, 5.74) is 4.77. The molecule has 3 heteroatoms. The molecule has 0 radical (unpaired) electrons. The van der Waals surface area contributed by atoms with Crippen molar-refractivity contribution >= 4 is 5.69 Å². The van der Waals surface area contributed by atoms with Gasteiger partial charge in [-0.3, -0.25) is 0 Å². The van der Waals surface area contributed by atoms with Gasteiger partial charge in [-0.1, -0.05) is 0 Å². The van der Waals surface area contributed by atoms with Gasteiger partial charge in [0.2, 0.25) is 0 Å². The average molecular weight is 265 g/mol. The van der Waals surface area contributed by atoms with Crippen molar-refractivity contribution in [1.29, 1.82) is 0 Å². The van der Waals surface area contributed by atoms with Crippen molar-refractivity contribution in [2.45, 2.75) is 46.6 Å². The summed E-state index contributed by atoms with van der Waals surface area (Å²) in [7, 11) is 3.80. The lowest BCUT2D eigenvalue weighted by Crippen LogP contribution is -2.42. The number of aliphatic hydroxyl groups is 1. The van der Waals surface area contributed by atoms with Gasteiger partial charge in [-0.2, -0.15) is 0 Å². The van der Waals surface area contributed by atoms with E-state index in [-0.39, 0.29) is 12.1 Å². The molecule has 0 heterocycles. The monoisotopic (exact) mass is 265 g/mol. The van der Waals surface area contributed by atoms with Gasteiger partial charge in [0.1, 0.15) is 5.75 Å². The second kappa shape index (κ2) is 5.83. The normalized spacial score (nSPS) is 11.6. The number of hydrogen-bond donors (Lipinski definition) is 1. The van der Waals surface area contributed by atoms with Crippen molar-refractivity contribution in [2.75, 3.05) is 25.7 Å². The number of rotatable bonds is 5. The number of anilines is 1. The Hall–Kier alpha value is -1.22. The average Bonchev–Trinajstić information content (AvgIpc) is 2.33. The summed E-state index contributed by atoms with van der Waals surface area (Å²) in [4.78, 5) is 2.26. The van der Waals surface area contributed by atoms with Crippen molar-refractivity contribution in [1.82, 2.24) is 0 Å². The Morgan fingerprint density at radius 3 is 2.26 bits per heavy atom. The smallest absolute Gasteiger partial charge is 0.122 e. The van der Waals surface area contributed by atoms with Gasteiger partial charge >= 0.3 is 0 Å². The SMILES string of the molecule is COc1cc(C)c(N(C)C(C)(C)CCO)c(C)c1C. The number of hydrogen-bond acceptors (Lipinski definition) is 3. The molecule has 0 aliphatic rings. The molecule has 1 rings (SSSR count). The fourth-order valence-electron chi connectivity index (χ4n) is 2.50.